The zero-order chi connectivity index (χ0) is 13.7. The Morgan fingerprint density at radius 3 is 2.39 bits per heavy atom. The molecule has 1 atom stereocenters. The highest BCUT2D eigenvalue weighted by atomic mass is 19.1. The summed E-state index contributed by atoms with van der Waals surface area (Å²) in [6.45, 7) is 1.89. The van der Waals surface area contributed by atoms with Crippen molar-refractivity contribution in [2.75, 3.05) is 6.54 Å². The molecule has 0 amide bonds. The van der Waals surface area contributed by atoms with E-state index in [-0.39, 0.29) is 12.1 Å². The van der Waals surface area contributed by atoms with Gasteiger partial charge in [0.05, 0.1) is 6.54 Å². The van der Waals surface area contributed by atoms with Gasteiger partial charge in [-0.25, -0.2) is 24.1 Å². The van der Waals surface area contributed by atoms with Crippen LogP contribution in [0.25, 0.3) is 0 Å². The fourth-order valence-electron chi connectivity index (χ4n) is 1.64. The predicted molar refractivity (Wildman–Crippen MR) is 62.9 cm³/mol. The number of hydrazine groups is 1. The Kier molecular flexibility index (Phi) is 4.96. The van der Waals surface area contributed by atoms with Crippen LogP contribution < -0.4 is 11.6 Å². The largest absolute Gasteiger partial charge is 0.388 e. The summed E-state index contributed by atoms with van der Waals surface area (Å²) >= 11 is 0. The smallest absolute Gasteiger partial charge is 0.132 e. The van der Waals surface area contributed by atoms with Crippen LogP contribution in [0, 0.1) is 17.5 Å². The van der Waals surface area contributed by atoms with E-state index in [1.54, 1.807) is 6.92 Å². The quantitative estimate of drug-likeness (QED) is 0.366. The molecule has 7 heteroatoms. The summed E-state index contributed by atoms with van der Waals surface area (Å²) < 4.78 is 39.7. The van der Waals surface area contributed by atoms with E-state index in [0.29, 0.717) is 18.6 Å². The van der Waals surface area contributed by atoms with Crippen LogP contribution in [0.3, 0.4) is 0 Å². The standard InChI is InChI=1S/C11H15F3N4/c1-7(2-3-18(16)17-6-15)11-9(13)4-8(12)5-10(11)14/h4-7H,2-3,16H2,1H3,(H2,15,17). The monoisotopic (exact) mass is 260 g/mol. The minimum atomic E-state index is -0.936. The third-order valence-electron chi connectivity index (χ3n) is 2.54. The number of rotatable bonds is 5. The molecule has 0 saturated carbocycles. The first-order valence-corrected chi connectivity index (χ1v) is 5.36. The summed E-state index contributed by atoms with van der Waals surface area (Å²) in [4.78, 5) is 0. The van der Waals surface area contributed by atoms with Gasteiger partial charge in [0.2, 0.25) is 0 Å². The minimum absolute atomic E-state index is 0.151. The normalized spacial score (nSPS) is 12.9. The van der Waals surface area contributed by atoms with E-state index in [2.05, 4.69) is 5.10 Å². The average molecular weight is 260 g/mol. The van der Waals surface area contributed by atoms with Crippen LogP contribution in [0.15, 0.2) is 17.2 Å². The molecule has 18 heavy (non-hydrogen) atoms. The van der Waals surface area contributed by atoms with Gasteiger partial charge in [0, 0.05) is 17.7 Å². The van der Waals surface area contributed by atoms with Gasteiger partial charge < -0.3 is 5.73 Å². The van der Waals surface area contributed by atoms with Crippen LogP contribution in [0.1, 0.15) is 24.8 Å². The molecule has 0 aliphatic carbocycles. The van der Waals surface area contributed by atoms with Crippen molar-refractivity contribution in [2.24, 2.45) is 16.7 Å². The Bertz CT molecular complexity index is 413. The second-order valence-electron chi connectivity index (χ2n) is 3.90. The molecule has 0 spiro atoms. The average Bonchev–Trinajstić information content (AvgIpc) is 2.25. The molecule has 100 valence electrons. The van der Waals surface area contributed by atoms with Crippen molar-refractivity contribution in [3.63, 3.8) is 0 Å². The van der Waals surface area contributed by atoms with Gasteiger partial charge in [0.1, 0.15) is 23.8 Å². The number of nitrogens with two attached hydrogens (primary N) is 2. The van der Waals surface area contributed by atoms with Gasteiger partial charge in [-0.1, -0.05) is 6.92 Å². The van der Waals surface area contributed by atoms with Gasteiger partial charge in [0.25, 0.3) is 0 Å². The molecule has 4 nitrogen and oxygen atoms in total. The lowest BCUT2D eigenvalue weighted by atomic mass is 9.96. The van der Waals surface area contributed by atoms with E-state index in [1.807, 2.05) is 0 Å². The summed E-state index contributed by atoms with van der Waals surface area (Å²) in [7, 11) is 0. The molecule has 1 aromatic carbocycles. The Hall–Kier alpha value is -1.76. The van der Waals surface area contributed by atoms with Crippen LogP contribution in [0.2, 0.25) is 0 Å². The van der Waals surface area contributed by atoms with Crippen LogP contribution in [0.4, 0.5) is 13.2 Å². The molecular weight excluding hydrogens is 245 g/mol. The zero-order valence-corrected chi connectivity index (χ0v) is 9.91. The fraction of sp³-hybridized carbons (Fsp3) is 0.364. The molecule has 0 heterocycles. The zero-order valence-electron chi connectivity index (χ0n) is 9.91. The molecule has 1 rings (SSSR count). The highest BCUT2D eigenvalue weighted by Crippen LogP contribution is 2.26. The predicted octanol–water partition coefficient (Wildman–Crippen LogP) is 1.68. The van der Waals surface area contributed by atoms with E-state index in [9.17, 15) is 13.2 Å². The summed E-state index contributed by atoms with van der Waals surface area (Å²) in [6, 6.07) is 1.32. The number of hydrogen-bond donors (Lipinski definition) is 2. The molecule has 0 radical (unpaired) electrons. The van der Waals surface area contributed by atoms with Crippen molar-refractivity contribution in [3.8, 4) is 0 Å². The maximum absolute atomic E-state index is 13.5. The van der Waals surface area contributed by atoms with Crippen LogP contribution in [0.5, 0.6) is 0 Å². The Labute approximate surface area is 103 Å². The van der Waals surface area contributed by atoms with Gasteiger partial charge in [-0.15, -0.1) is 0 Å². The summed E-state index contributed by atoms with van der Waals surface area (Å²) in [5.41, 5.74) is 4.89. The van der Waals surface area contributed by atoms with Crippen molar-refractivity contribution in [1.82, 2.24) is 5.12 Å². The minimum Gasteiger partial charge on any atom is -0.388 e. The molecule has 0 bridgehead atoms. The molecule has 0 saturated heterocycles. The molecule has 1 unspecified atom stereocenters. The molecular formula is C11H15F3N4. The summed E-state index contributed by atoms with van der Waals surface area (Å²) in [5.74, 6) is 2.23. The van der Waals surface area contributed by atoms with Crippen molar-refractivity contribution in [2.45, 2.75) is 19.3 Å². The molecule has 0 aliphatic rings. The van der Waals surface area contributed by atoms with Gasteiger partial charge >= 0.3 is 0 Å². The third kappa shape index (κ3) is 3.63. The molecule has 4 N–H and O–H groups in total. The van der Waals surface area contributed by atoms with E-state index < -0.39 is 23.4 Å². The summed E-state index contributed by atoms with van der Waals surface area (Å²) in [5, 5.41) is 4.63. The van der Waals surface area contributed by atoms with Crippen LogP contribution in [-0.4, -0.2) is 18.0 Å². The van der Waals surface area contributed by atoms with Crippen LogP contribution >= 0.6 is 0 Å². The van der Waals surface area contributed by atoms with Gasteiger partial charge in [-0.3, -0.25) is 0 Å². The third-order valence-corrected chi connectivity index (χ3v) is 2.54. The van der Waals surface area contributed by atoms with Crippen molar-refractivity contribution >= 4 is 6.34 Å². The second kappa shape index (κ2) is 6.25. The number of nitrogens with zero attached hydrogens (tertiary/aromatic N) is 2. The van der Waals surface area contributed by atoms with E-state index in [0.717, 1.165) is 11.5 Å². The molecule has 0 aromatic heterocycles. The number of hydrazone groups is 1. The molecule has 0 aliphatic heterocycles. The van der Waals surface area contributed by atoms with E-state index in [4.69, 9.17) is 11.6 Å². The summed E-state index contributed by atoms with van der Waals surface area (Å²) in [6.07, 6.45) is 1.37. The first kappa shape index (κ1) is 14.3. The Morgan fingerprint density at radius 2 is 1.89 bits per heavy atom. The van der Waals surface area contributed by atoms with Gasteiger partial charge in [0.15, 0.2) is 0 Å². The van der Waals surface area contributed by atoms with Gasteiger partial charge in [-0.2, -0.15) is 5.10 Å². The highest BCUT2D eigenvalue weighted by Gasteiger charge is 2.18. The lowest BCUT2D eigenvalue weighted by molar-refractivity contribution is 0.286. The van der Waals surface area contributed by atoms with E-state index in [1.165, 1.54) is 0 Å². The fourth-order valence-corrected chi connectivity index (χ4v) is 1.64. The van der Waals surface area contributed by atoms with Gasteiger partial charge in [-0.05, 0) is 12.3 Å². The maximum atomic E-state index is 13.5. The Morgan fingerprint density at radius 1 is 1.33 bits per heavy atom. The maximum Gasteiger partial charge on any atom is 0.132 e. The number of benzene rings is 1. The van der Waals surface area contributed by atoms with Crippen molar-refractivity contribution in [1.29, 1.82) is 0 Å². The molecule has 0 fully saturated rings. The highest BCUT2D eigenvalue weighted by molar-refractivity contribution is 5.50. The first-order chi connectivity index (χ1) is 8.45. The lowest BCUT2D eigenvalue weighted by Gasteiger charge is -2.17. The lowest BCUT2D eigenvalue weighted by Crippen LogP contribution is -2.28. The van der Waals surface area contributed by atoms with Crippen LogP contribution in [-0.2, 0) is 0 Å². The second-order valence-corrected chi connectivity index (χ2v) is 3.90. The topological polar surface area (TPSA) is 67.6 Å². The number of halogens is 3. The first-order valence-electron chi connectivity index (χ1n) is 5.36. The van der Waals surface area contributed by atoms with E-state index >= 15 is 0 Å². The SMILES string of the molecule is CC(CCN(N)/N=C\N)c1c(F)cc(F)cc1F. The molecule has 1 aromatic rings. The Balaban J connectivity index is 2.75. The number of hydrogen-bond acceptors (Lipinski definition) is 3. The van der Waals surface area contributed by atoms with Crippen molar-refractivity contribution < 1.29 is 13.2 Å². The van der Waals surface area contributed by atoms with Crippen molar-refractivity contribution in [3.05, 3.63) is 35.1 Å².